The lowest BCUT2D eigenvalue weighted by Gasteiger charge is -2.18. The van der Waals surface area contributed by atoms with Crippen LogP contribution in [0.25, 0.3) is 0 Å². The number of carbonyl (C=O) groups excluding carboxylic acids is 1. The SMILES string of the molecule is CC1=CC(N)c2ccccc2C1=O. The molecule has 13 heavy (non-hydrogen) atoms. The summed E-state index contributed by atoms with van der Waals surface area (Å²) in [5.41, 5.74) is 8.29. The Morgan fingerprint density at radius 1 is 1.31 bits per heavy atom. The minimum atomic E-state index is -0.131. The number of nitrogens with two attached hydrogens (primary N) is 1. The first kappa shape index (κ1) is 8.20. The Morgan fingerprint density at radius 2 is 2.00 bits per heavy atom. The van der Waals surface area contributed by atoms with Gasteiger partial charge in [-0.15, -0.1) is 0 Å². The molecule has 66 valence electrons. The van der Waals surface area contributed by atoms with Gasteiger partial charge < -0.3 is 5.73 Å². The zero-order chi connectivity index (χ0) is 9.42. The Kier molecular flexibility index (Phi) is 1.78. The molecular formula is C11H11NO. The Labute approximate surface area is 77.1 Å². The monoisotopic (exact) mass is 173 g/mol. The van der Waals surface area contributed by atoms with Crippen LogP contribution in [0.2, 0.25) is 0 Å². The van der Waals surface area contributed by atoms with Crippen molar-refractivity contribution in [1.29, 1.82) is 0 Å². The van der Waals surface area contributed by atoms with Crippen molar-refractivity contribution in [2.45, 2.75) is 13.0 Å². The van der Waals surface area contributed by atoms with Crippen LogP contribution in [0.5, 0.6) is 0 Å². The highest BCUT2D eigenvalue weighted by atomic mass is 16.1. The van der Waals surface area contributed by atoms with Crippen LogP contribution in [0.1, 0.15) is 28.9 Å². The summed E-state index contributed by atoms with van der Waals surface area (Å²) in [5, 5.41) is 0. The van der Waals surface area contributed by atoms with Crippen LogP contribution in [-0.4, -0.2) is 5.78 Å². The van der Waals surface area contributed by atoms with Crippen molar-refractivity contribution in [2.24, 2.45) is 5.73 Å². The molecule has 0 bridgehead atoms. The number of fused-ring (bicyclic) bond motifs is 1. The maximum absolute atomic E-state index is 11.6. The summed E-state index contributed by atoms with van der Waals surface area (Å²) in [6.07, 6.45) is 1.81. The van der Waals surface area contributed by atoms with Crippen molar-refractivity contribution in [2.75, 3.05) is 0 Å². The lowest BCUT2D eigenvalue weighted by Crippen LogP contribution is -2.19. The largest absolute Gasteiger partial charge is 0.321 e. The second-order valence-corrected chi connectivity index (χ2v) is 3.29. The van der Waals surface area contributed by atoms with Crippen molar-refractivity contribution in [1.82, 2.24) is 0 Å². The van der Waals surface area contributed by atoms with Gasteiger partial charge in [-0.1, -0.05) is 30.3 Å². The fraction of sp³-hybridized carbons (Fsp3) is 0.182. The number of rotatable bonds is 0. The molecule has 0 spiro atoms. The molecule has 1 aliphatic carbocycles. The summed E-state index contributed by atoms with van der Waals surface area (Å²) in [4.78, 5) is 11.6. The molecule has 1 unspecified atom stereocenters. The van der Waals surface area contributed by atoms with Crippen LogP contribution in [-0.2, 0) is 0 Å². The average Bonchev–Trinajstić information content (AvgIpc) is 2.15. The van der Waals surface area contributed by atoms with Gasteiger partial charge in [0.15, 0.2) is 5.78 Å². The molecule has 2 nitrogen and oxygen atoms in total. The van der Waals surface area contributed by atoms with Crippen molar-refractivity contribution in [3.63, 3.8) is 0 Å². The van der Waals surface area contributed by atoms with E-state index in [-0.39, 0.29) is 11.8 Å². The van der Waals surface area contributed by atoms with Gasteiger partial charge in [0.1, 0.15) is 0 Å². The number of carbonyl (C=O) groups is 1. The highest BCUT2D eigenvalue weighted by Gasteiger charge is 2.21. The molecular weight excluding hydrogens is 162 g/mol. The molecule has 0 aliphatic heterocycles. The first-order valence-corrected chi connectivity index (χ1v) is 4.28. The van der Waals surface area contributed by atoms with E-state index < -0.39 is 0 Å². The third kappa shape index (κ3) is 1.19. The predicted molar refractivity (Wildman–Crippen MR) is 51.5 cm³/mol. The zero-order valence-electron chi connectivity index (χ0n) is 7.45. The third-order valence-electron chi connectivity index (χ3n) is 2.35. The van der Waals surface area contributed by atoms with Crippen LogP contribution >= 0.6 is 0 Å². The standard InChI is InChI=1S/C11H11NO/c1-7-6-10(12)8-4-2-3-5-9(8)11(7)13/h2-6,10H,12H2,1H3. The molecule has 0 saturated carbocycles. The molecule has 1 atom stereocenters. The van der Waals surface area contributed by atoms with Gasteiger partial charge in [-0.25, -0.2) is 0 Å². The van der Waals surface area contributed by atoms with E-state index >= 15 is 0 Å². The number of benzene rings is 1. The van der Waals surface area contributed by atoms with Gasteiger partial charge >= 0.3 is 0 Å². The van der Waals surface area contributed by atoms with E-state index in [4.69, 9.17) is 5.73 Å². The average molecular weight is 173 g/mol. The summed E-state index contributed by atoms with van der Waals surface area (Å²) in [6, 6.07) is 7.37. The highest BCUT2D eigenvalue weighted by molar-refractivity contribution is 6.10. The molecule has 2 rings (SSSR count). The maximum Gasteiger partial charge on any atom is 0.188 e. The van der Waals surface area contributed by atoms with Gasteiger partial charge in [0.25, 0.3) is 0 Å². The molecule has 1 aromatic carbocycles. The highest BCUT2D eigenvalue weighted by Crippen LogP contribution is 2.26. The van der Waals surface area contributed by atoms with Crippen LogP contribution < -0.4 is 5.73 Å². The van der Waals surface area contributed by atoms with Gasteiger partial charge in [0.2, 0.25) is 0 Å². The normalized spacial score (nSPS) is 20.9. The molecule has 0 fully saturated rings. The van der Waals surface area contributed by atoms with E-state index in [0.29, 0.717) is 0 Å². The molecule has 0 saturated heterocycles. The lowest BCUT2D eigenvalue weighted by molar-refractivity contribution is 0.103. The molecule has 1 aliphatic rings. The summed E-state index contributed by atoms with van der Waals surface area (Å²) < 4.78 is 0. The lowest BCUT2D eigenvalue weighted by atomic mass is 9.88. The van der Waals surface area contributed by atoms with Crippen LogP contribution in [0.3, 0.4) is 0 Å². The Bertz CT molecular complexity index is 393. The summed E-state index contributed by atoms with van der Waals surface area (Å²) in [6.45, 7) is 1.80. The first-order valence-electron chi connectivity index (χ1n) is 4.28. The number of Topliss-reactive ketones (excluding diaryl/α,β-unsaturated/α-hetero) is 1. The fourth-order valence-electron chi connectivity index (χ4n) is 1.64. The van der Waals surface area contributed by atoms with E-state index in [9.17, 15) is 4.79 Å². The van der Waals surface area contributed by atoms with Crippen LogP contribution in [0.4, 0.5) is 0 Å². The van der Waals surface area contributed by atoms with Crippen LogP contribution in [0, 0.1) is 0 Å². The Hall–Kier alpha value is -1.41. The van der Waals surface area contributed by atoms with Crippen molar-refractivity contribution in [3.8, 4) is 0 Å². The number of hydrogen-bond acceptors (Lipinski definition) is 2. The van der Waals surface area contributed by atoms with Gasteiger partial charge in [-0.2, -0.15) is 0 Å². The second-order valence-electron chi connectivity index (χ2n) is 3.29. The zero-order valence-corrected chi connectivity index (χ0v) is 7.45. The quantitative estimate of drug-likeness (QED) is 0.650. The Balaban J connectivity index is 2.62. The third-order valence-corrected chi connectivity index (χ3v) is 2.35. The summed E-state index contributed by atoms with van der Waals surface area (Å²) in [5.74, 6) is 0.0947. The second kappa shape index (κ2) is 2.82. The van der Waals surface area contributed by atoms with E-state index in [0.717, 1.165) is 16.7 Å². The Morgan fingerprint density at radius 3 is 2.77 bits per heavy atom. The number of allylic oxidation sites excluding steroid dienone is 1. The van der Waals surface area contributed by atoms with E-state index in [1.165, 1.54) is 0 Å². The molecule has 0 heterocycles. The van der Waals surface area contributed by atoms with Gasteiger partial charge in [0, 0.05) is 11.6 Å². The summed E-state index contributed by atoms with van der Waals surface area (Å²) >= 11 is 0. The summed E-state index contributed by atoms with van der Waals surface area (Å²) in [7, 11) is 0. The van der Waals surface area contributed by atoms with Crippen molar-refractivity contribution < 1.29 is 4.79 Å². The van der Waals surface area contributed by atoms with Gasteiger partial charge in [0.05, 0.1) is 0 Å². The van der Waals surface area contributed by atoms with Crippen molar-refractivity contribution >= 4 is 5.78 Å². The maximum atomic E-state index is 11.6. The van der Waals surface area contributed by atoms with E-state index in [1.807, 2.05) is 30.3 Å². The first-order chi connectivity index (χ1) is 6.20. The molecule has 0 amide bonds. The fourth-order valence-corrected chi connectivity index (χ4v) is 1.64. The van der Waals surface area contributed by atoms with Gasteiger partial charge in [-0.3, -0.25) is 4.79 Å². The number of hydrogen-bond donors (Lipinski definition) is 1. The van der Waals surface area contributed by atoms with Crippen molar-refractivity contribution in [3.05, 3.63) is 47.0 Å². The molecule has 0 aromatic heterocycles. The topological polar surface area (TPSA) is 43.1 Å². The van der Waals surface area contributed by atoms with Crippen LogP contribution in [0.15, 0.2) is 35.9 Å². The molecule has 0 radical (unpaired) electrons. The van der Waals surface area contributed by atoms with E-state index in [2.05, 4.69) is 0 Å². The molecule has 2 N–H and O–H groups in total. The minimum absolute atomic E-state index is 0.0947. The van der Waals surface area contributed by atoms with E-state index in [1.54, 1.807) is 6.92 Å². The number of ketones is 1. The molecule has 2 heteroatoms. The van der Waals surface area contributed by atoms with Gasteiger partial charge in [-0.05, 0) is 18.1 Å². The smallest absolute Gasteiger partial charge is 0.188 e. The minimum Gasteiger partial charge on any atom is -0.321 e. The predicted octanol–water partition coefficient (Wildman–Crippen LogP) is 1.83. The molecule has 1 aromatic rings.